The molecular formula is C11H8IN3O3S. The van der Waals surface area contributed by atoms with Crippen LogP contribution in [-0.2, 0) is 0 Å². The van der Waals surface area contributed by atoms with Gasteiger partial charge in [-0.2, -0.15) is 0 Å². The van der Waals surface area contributed by atoms with Crippen LogP contribution in [0.4, 0.5) is 5.69 Å². The summed E-state index contributed by atoms with van der Waals surface area (Å²) in [4.78, 5) is 23.5. The molecule has 0 spiro atoms. The van der Waals surface area contributed by atoms with Crippen molar-refractivity contribution in [1.29, 1.82) is 0 Å². The molecule has 1 amide bonds. The predicted molar refractivity (Wildman–Crippen MR) is 78.7 cm³/mol. The summed E-state index contributed by atoms with van der Waals surface area (Å²) < 4.78 is 4.45. The number of benzene rings is 1. The van der Waals surface area contributed by atoms with Crippen LogP contribution in [0.3, 0.4) is 0 Å². The van der Waals surface area contributed by atoms with Gasteiger partial charge < -0.3 is 10.4 Å². The minimum Gasteiger partial charge on any atom is -0.478 e. The predicted octanol–water partition coefficient (Wildman–Crippen LogP) is 2.40. The van der Waals surface area contributed by atoms with E-state index in [-0.39, 0.29) is 11.3 Å². The number of carbonyl (C=O) groups excluding carboxylic acids is 1. The minimum atomic E-state index is -1.09. The Morgan fingerprint density at radius 1 is 1.42 bits per heavy atom. The molecule has 0 radical (unpaired) electrons. The number of amides is 1. The van der Waals surface area contributed by atoms with Gasteiger partial charge in [-0.3, -0.25) is 4.79 Å². The molecule has 0 saturated carbocycles. The fourth-order valence-electron chi connectivity index (χ4n) is 1.42. The van der Waals surface area contributed by atoms with E-state index in [1.807, 2.05) is 22.6 Å². The van der Waals surface area contributed by atoms with Crippen molar-refractivity contribution in [3.8, 4) is 0 Å². The van der Waals surface area contributed by atoms with Crippen molar-refractivity contribution in [3.63, 3.8) is 0 Å². The van der Waals surface area contributed by atoms with Crippen LogP contribution >= 0.6 is 34.1 Å². The molecule has 6 nitrogen and oxygen atoms in total. The van der Waals surface area contributed by atoms with Crippen LogP contribution in [0.2, 0.25) is 0 Å². The Morgan fingerprint density at radius 2 is 2.16 bits per heavy atom. The summed E-state index contributed by atoms with van der Waals surface area (Å²) in [6, 6.07) is 4.78. The Morgan fingerprint density at radius 3 is 2.74 bits per heavy atom. The van der Waals surface area contributed by atoms with Crippen molar-refractivity contribution in [1.82, 2.24) is 9.59 Å². The van der Waals surface area contributed by atoms with E-state index in [1.165, 1.54) is 6.07 Å². The molecule has 0 aliphatic carbocycles. The smallest absolute Gasteiger partial charge is 0.337 e. The Kier molecular flexibility index (Phi) is 4.10. The van der Waals surface area contributed by atoms with Crippen LogP contribution in [0.15, 0.2) is 18.2 Å². The first kappa shape index (κ1) is 13.9. The fraction of sp³-hybridized carbons (Fsp3) is 0.0909. The molecule has 98 valence electrons. The van der Waals surface area contributed by atoms with Gasteiger partial charge in [0.05, 0.1) is 16.9 Å². The van der Waals surface area contributed by atoms with E-state index in [4.69, 9.17) is 5.11 Å². The van der Waals surface area contributed by atoms with Gasteiger partial charge in [-0.1, -0.05) is 4.49 Å². The fourth-order valence-corrected chi connectivity index (χ4v) is 2.46. The van der Waals surface area contributed by atoms with Gasteiger partial charge in [-0.15, -0.1) is 5.10 Å². The van der Waals surface area contributed by atoms with Gasteiger partial charge in [0.25, 0.3) is 5.91 Å². The molecule has 0 bridgehead atoms. The second kappa shape index (κ2) is 5.61. The first-order chi connectivity index (χ1) is 8.99. The third-order valence-corrected chi connectivity index (χ3v) is 3.82. The van der Waals surface area contributed by atoms with Crippen LogP contribution in [-0.4, -0.2) is 26.6 Å². The number of nitrogens with one attached hydrogen (secondary N) is 1. The molecule has 8 heteroatoms. The number of aromatic carboxylic acids is 1. The van der Waals surface area contributed by atoms with Crippen molar-refractivity contribution < 1.29 is 14.7 Å². The maximum Gasteiger partial charge on any atom is 0.337 e. The SMILES string of the molecule is Cc1nnsc1C(=O)Nc1ccc(I)cc1C(=O)O. The number of hydrogen-bond donors (Lipinski definition) is 2. The number of carboxylic acid groups (broad SMARTS) is 1. The maximum absolute atomic E-state index is 12.0. The van der Waals surface area contributed by atoms with E-state index < -0.39 is 11.9 Å². The highest BCUT2D eigenvalue weighted by Gasteiger charge is 2.17. The number of rotatable bonds is 3. The summed E-state index contributed by atoms with van der Waals surface area (Å²) in [7, 11) is 0. The average Bonchev–Trinajstić information content (AvgIpc) is 2.77. The molecule has 0 fully saturated rings. The zero-order valence-electron chi connectivity index (χ0n) is 9.68. The summed E-state index contributed by atoms with van der Waals surface area (Å²) in [5, 5.41) is 15.4. The molecule has 2 N–H and O–H groups in total. The number of carbonyl (C=O) groups is 2. The number of aromatic nitrogens is 2. The molecule has 2 rings (SSSR count). The maximum atomic E-state index is 12.0. The van der Waals surface area contributed by atoms with Crippen molar-refractivity contribution in [2.75, 3.05) is 5.32 Å². The van der Waals surface area contributed by atoms with Crippen molar-refractivity contribution in [2.24, 2.45) is 0 Å². The second-order valence-corrected chi connectivity index (χ2v) is 5.64. The first-order valence-corrected chi connectivity index (χ1v) is 6.97. The Hall–Kier alpha value is -1.55. The van der Waals surface area contributed by atoms with Gasteiger partial charge >= 0.3 is 5.97 Å². The van der Waals surface area contributed by atoms with E-state index in [9.17, 15) is 9.59 Å². The largest absolute Gasteiger partial charge is 0.478 e. The third kappa shape index (κ3) is 3.07. The van der Waals surface area contributed by atoms with Crippen molar-refractivity contribution in [3.05, 3.63) is 37.9 Å². The van der Waals surface area contributed by atoms with Crippen LogP contribution in [0, 0.1) is 10.5 Å². The molecule has 1 heterocycles. The van der Waals surface area contributed by atoms with Crippen molar-refractivity contribution in [2.45, 2.75) is 6.92 Å². The monoisotopic (exact) mass is 389 g/mol. The molecule has 1 aromatic heterocycles. The quantitative estimate of drug-likeness (QED) is 0.787. The average molecular weight is 389 g/mol. The second-order valence-electron chi connectivity index (χ2n) is 3.64. The van der Waals surface area contributed by atoms with Gasteiger partial charge in [-0.25, -0.2) is 4.79 Å². The third-order valence-electron chi connectivity index (χ3n) is 2.32. The summed E-state index contributed by atoms with van der Waals surface area (Å²) in [6.45, 7) is 1.67. The van der Waals surface area contributed by atoms with Gasteiger partial charge in [-0.05, 0) is 59.2 Å². The van der Waals surface area contributed by atoms with E-state index in [0.29, 0.717) is 10.6 Å². The highest BCUT2D eigenvalue weighted by Crippen LogP contribution is 2.20. The number of hydrogen-bond acceptors (Lipinski definition) is 5. The first-order valence-electron chi connectivity index (χ1n) is 5.12. The summed E-state index contributed by atoms with van der Waals surface area (Å²) in [6.07, 6.45) is 0. The normalized spacial score (nSPS) is 10.2. The van der Waals surface area contributed by atoms with Crippen LogP contribution in [0.5, 0.6) is 0 Å². The number of aryl methyl sites for hydroxylation is 1. The lowest BCUT2D eigenvalue weighted by atomic mass is 10.2. The zero-order chi connectivity index (χ0) is 14.0. The highest BCUT2D eigenvalue weighted by atomic mass is 127. The van der Waals surface area contributed by atoms with E-state index in [2.05, 4.69) is 14.9 Å². The van der Waals surface area contributed by atoms with Crippen LogP contribution in [0.25, 0.3) is 0 Å². The molecule has 0 saturated heterocycles. The lowest BCUT2D eigenvalue weighted by Crippen LogP contribution is -2.14. The van der Waals surface area contributed by atoms with Gasteiger partial charge in [0, 0.05) is 3.57 Å². The van der Waals surface area contributed by atoms with E-state index in [0.717, 1.165) is 15.1 Å². The molecular weight excluding hydrogens is 381 g/mol. The molecule has 0 unspecified atom stereocenters. The molecule has 1 aromatic carbocycles. The van der Waals surface area contributed by atoms with Crippen LogP contribution in [0.1, 0.15) is 25.7 Å². The molecule has 2 aromatic rings. The zero-order valence-corrected chi connectivity index (χ0v) is 12.7. The Labute approximate surface area is 126 Å². The van der Waals surface area contributed by atoms with Crippen molar-refractivity contribution >= 4 is 51.7 Å². The summed E-state index contributed by atoms with van der Waals surface area (Å²) in [5.74, 6) is -1.50. The standard InChI is InChI=1S/C11H8IN3O3S/c1-5-9(19-15-14-5)10(16)13-8-3-2-6(12)4-7(8)11(17)18/h2-4H,1H3,(H,13,16)(H,17,18). The molecule has 0 aliphatic rings. The minimum absolute atomic E-state index is 0.0513. The van der Waals surface area contributed by atoms with Gasteiger partial charge in [0.1, 0.15) is 4.88 Å². The topological polar surface area (TPSA) is 92.2 Å². The molecule has 0 atom stereocenters. The van der Waals surface area contributed by atoms with E-state index in [1.54, 1.807) is 19.1 Å². The van der Waals surface area contributed by atoms with Crippen LogP contribution < -0.4 is 5.32 Å². The number of halogens is 1. The van der Waals surface area contributed by atoms with E-state index >= 15 is 0 Å². The Bertz CT molecular complexity index is 656. The highest BCUT2D eigenvalue weighted by molar-refractivity contribution is 14.1. The van der Waals surface area contributed by atoms with Gasteiger partial charge in [0.15, 0.2) is 0 Å². The summed E-state index contributed by atoms with van der Waals surface area (Å²) >= 11 is 2.98. The number of carboxylic acids is 1. The molecule has 19 heavy (non-hydrogen) atoms. The lowest BCUT2D eigenvalue weighted by molar-refractivity contribution is 0.0698. The molecule has 0 aliphatic heterocycles. The summed E-state index contributed by atoms with van der Waals surface area (Å²) in [5.41, 5.74) is 0.825. The number of nitrogens with zero attached hydrogens (tertiary/aromatic N) is 2. The lowest BCUT2D eigenvalue weighted by Gasteiger charge is -2.07. The Balaban J connectivity index is 2.32. The number of anilines is 1. The van der Waals surface area contributed by atoms with Gasteiger partial charge in [0.2, 0.25) is 0 Å².